The van der Waals surface area contributed by atoms with Gasteiger partial charge in [0.2, 0.25) is 0 Å². The molecule has 0 aromatic carbocycles. The molecule has 1 aliphatic carbocycles. The summed E-state index contributed by atoms with van der Waals surface area (Å²) in [5.41, 5.74) is -0.212. The van der Waals surface area contributed by atoms with Gasteiger partial charge in [-0.2, -0.15) is 0 Å². The third-order valence-corrected chi connectivity index (χ3v) is 4.74. The molecule has 3 atom stereocenters. The number of fused-ring (bicyclic) bond motifs is 4. The fourth-order valence-electron chi connectivity index (χ4n) is 3.83. The third-order valence-electron chi connectivity index (χ3n) is 4.74. The van der Waals surface area contributed by atoms with E-state index in [2.05, 4.69) is 4.98 Å². The minimum Gasteiger partial charge on any atom is -0.450 e. The highest BCUT2D eigenvalue weighted by Gasteiger charge is 2.51. The van der Waals surface area contributed by atoms with Gasteiger partial charge in [0.15, 0.2) is 0 Å². The zero-order valence-corrected chi connectivity index (χ0v) is 12.4. The van der Waals surface area contributed by atoms with Gasteiger partial charge in [-0.3, -0.25) is 4.98 Å². The van der Waals surface area contributed by atoms with E-state index >= 15 is 0 Å². The SMILES string of the molecule is CCOC(=O)N1CC2CCCC1C(O)(c1cccnc1)C2. The number of carbonyl (C=O) groups is 1. The fourth-order valence-corrected chi connectivity index (χ4v) is 3.83. The second-order valence-corrected chi connectivity index (χ2v) is 6.03. The number of piperidine rings is 1. The average Bonchev–Trinajstić information content (AvgIpc) is 2.80. The summed E-state index contributed by atoms with van der Waals surface area (Å²) in [5.74, 6) is 0.318. The minimum atomic E-state index is -1.01. The van der Waals surface area contributed by atoms with E-state index in [1.807, 2.05) is 12.1 Å². The summed E-state index contributed by atoms with van der Waals surface area (Å²) in [6, 6.07) is 3.51. The molecule has 1 amide bonds. The molecule has 0 spiro atoms. The van der Waals surface area contributed by atoms with Crippen LogP contribution in [0.2, 0.25) is 0 Å². The van der Waals surface area contributed by atoms with Gasteiger partial charge in [-0.05, 0) is 38.2 Å². The zero-order valence-electron chi connectivity index (χ0n) is 12.4. The van der Waals surface area contributed by atoms with E-state index < -0.39 is 5.60 Å². The highest BCUT2D eigenvalue weighted by Crippen LogP contribution is 2.45. The van der Waals surface area contributed by atoms with Crippen molar-refractivity contribution in [3.8, 4) is 0 Å². The maximum atomic E-state index is 12.2. The molecule has 5 nitrogen and oxygen atoms in total. The van der Waals surface area contributed by atoms with Crippen molar-refractivity contribution in [3.05, 3.63) is 30.1 Å². The largest absolute Gasteiger partial charge is 0.450 e. The second-order valence-electron chi connectivity index (χ2n) is 6.03. The van der Waals surface area contributed by atoms with Crippen LogP contribution < -0.4 is 0 Å². The molecular formula is C16H22N2O3. The summed E-state index contributed by atoms with van der Waals surface area (Å²) in [4.78, 5) is 18.1. The molecule has 3 heterocycles. The van der Waals surface area contributed by atoms with Crippen molar-refractivity contribution in [3.63, 3.8) is 0 Å². The normalized spacial score (nSPS) is 31.8. The van der Waals surface area contributed by atoms with Crippen molar-refractivity contribution >= 4 is 6.09 Å². The summed E-state index contributed by atoms with van der Waals surface area (Å²) >= 11 is 0. The first-order chi connectivity index (χ1) is 10.1. The van der Waals surface area contributed by atoms with Gasteiger partial charge in [-0.1, -0.05) is 12.5 Å². The fraction of sp³-hybridized carbons (Fsp3) is 0.625. The van der Waals surface area contributed by atoms with Crippen LogP contribution in [0.25, 0.3) is 0 Å². The lowest BCUT2D eigenvalue weighted by atomic mass is 9.76. The Morgan fingerprint density at radius 2 is 2.43 bits per heavy atom. The first-order valence-electron chi connectivity index (χ1n) is 7.71. The molecule has 1 aromatic rings. The van der Waals surface area contributed by atoms with Gasteiger partial charge in [0.25, 0.3) is 0 Å². The van der Waals surface area contributed by atoms with Crippen LogP contribution in [0.4, 0.5) is 4.79 Å². The summed E-state index contributed by atoms with van der Waals surface area (Å²) in [6.07, 6.45) is 6.69. The van der Waals surface area contributed by atoms with E-state index in [-0.39, 0.29) is 12.1 Å². The van der Waals surface area contributed by atoms with Crippen LogP contribution >= 0.6 is 0 Å². The van der Waals surface area contributed by atoms with E-state index in [1.54, 1.807) is 24.2 Å². The molecule has 2 saturated heterocycles. The monoisotopic (exact) mass is 290 g/mol. The number of aliphatic hydroxyl groups is 1. The quantitative estimate of drug-likeness (QED) is 0.908. The third kappa shape index (κ3) is 2.50. The van der Waals surface area contributed by atoms with Crippen LogP contribution in [0, 0.1) is 5.92 Å². The average molecular weight is 290 g/mol. The summed E-state index contributed by atoms with van der Waals surface area (Å²) in [7, 11) is 0. The van der Waals surface area contributed by atoms with Crippen LogP contribution in [0.3, 0.4) is 0 Å². The van der Waals surface area contributed by atoms with Crippen LogP contribution in [-0.4, -0.2) is 40.3 Å². The predicted molar refractivity (Wildman–Crippen MR) is 77.6 cm³/mol. The van der Waals surface area contributed by atoms with E-state index in [4.69, 9.17) is 4.74 Å². The van der Waals surface area contributed by atoms with E-state index in [0.717, 1.165) is 24.8 Å². The molecule has 3 unspecified atom stereocenters. The molecule has 0 radical (unpaired) electrons. The van der Waals surface area contributed by atoms with Gasteiger partial charge in [0, 0.05) is 24.5 Å². The van der Waals surface area contributed by atoms with Crippen molar-refractivity contribution in [1.29, 1.82) is 0 Å². The molecular weight excluding hydrogens is 268 g/mol. The number of rotatable bonds is 2. The van der Waals surface area contributed by atoms with Crippen molar-refractivity contribution in [2.45, 2.75) is 44.2 Å². The first kappa shape index (κ1) is 14.3. The molecule has 3 fully saturated rings. The highest BCUT2D eigenvalue weighted by atomic mass is 16.6. The Bertz CT molecular complexity index is 508. The van der Waals surface area contributed by atoms with Gasteiger partial charge in [-0.25, -0.2) is 4.79 Å². The summed E-state index contributed by atoms with van der Waals surface area (Å²) in [6.45, 7) is 2.85. The number of hydrogen-bond donors (Lipinski definition) is 1. The Balaban J connectivity index is 1.96. The van der Waals surface area contributed by atoms with Crippen LogP contribution in [0.15, 0.2) is 24.5 Å². The summed E-state index contributed by atoms with van der Waals surface area (Å²) in [5, 5.41) is 11.3. The lowest BCUT2D eigenvalue weighted by Crippen LogP contribution is -2.58. The van der Waals surface area contributed by atoms with Gasteiger partial charge in [0.1, 0.15) is 5.60 Å². The van der Waals surface area contributed by atoms with Gasteiger partial charge < -0.3 is 14.7 Å². The predicted octanol–water partition coefficient (Wildman–Crippen LogP) is 2.30. The lowest BCUT2D eigenvalue weighted by Gasteiger charge is -2.47. The smallest absolute Gasteiger partial charge is 0.410 e. The molecule has 4 rings (SSSR count). The van der Waals surface area contributed by atoms with Crippen molar-refractivity contribution < 1.29 is 14.6 Å². The molecule has 21 heavy (non-hydrogen) atoms. The minimum absolute atomic E-state index is 0.223. The highest BCUT2D eigenvalue weighted by molar-refractivity contribution is 5.68. The molecule has 1 N–H and O–H groups in total. The Kier molecular flexibility index (Phi) is 3.85. The molecule has 1 aromatic heterocycles. The van der Waals surface area contributed by atoms with Gasteiger partial charge >= 0.3 is 6.09 Å². The Morgan fingerprint density at radius 1 is 1.57 bits per heavy atom. The molecule has 1 saturated carbocycles. The van der Waals surface area contributed by atoms with E-state index in [0.29, 0.717) is 25.5 Å². The lowest BCUT2D eigenvalue weighted by molar-refractivity contribution is -0.0915. The molecule has 5 heteroatoms. The number of nitrogens with zero attached hydrogens (tertiary/aromatic N) is 2. The van der Waals surface area contributed by atoms with Crippen LogP contribution in [0.1, 0.15) is 38.2 Å². The number of ether oxygens (including phenoxy) is 1. The molecule has 2 bridgehead atoms. The Hall–Kier alpha value is -1.62. The van der Waals surface area contributed by atoms with Crippen molar-refractivity contribution in [1.82, 2.24) is 9.88 Å². The second kappa shape index (κ2) is 5.64. The number of amides is 1. The number of aromatic nitrogens is 1. The van der Waals surface area contributed by atoms with Crippen molar-refractivity contribution in [2.24, 2.45) is 5.92 Å². The maximum absolute atomic E-state index is 12.2. The molecule has 3 aliphatic rings. The zero-order chi connectivity index (χ0) is 14.9. The van der Waals surface area contributed by atoms with Crippen LogP contribution in [-0.2, 0) is 10.3 Å². The van der Waals surface area contributed by atoms with Crippen molar-refractivity contribution in [2.75, 3.05) is 13.2 Å². The standard InChI is InChI=1S/C16H22N2O3/c1-2-21-15(19)18-11-12-5-3-7-14(18)16(20,9-12)13-6-4-8-17-10-13/h4,6,8,10,12,14,20H,2-3,5,7,9,11H2,1H3. The van der Waals surface area contributed by atoms with Crippen LogP contribution in [0.5, 0.6) is 0 Å². The Labute approximate surface area is 124 Å². The number of hydrogen-bond acceptors (Lipinski definition) is 4. The Morgan fingerprint density at radius 3 is 3.14 bits per heavy atom. The van der Waals surface area contributed by atoms with E-state index in [9.17, 15) is 9.90 Å². The van der Waals surface area contributed by atoms with E-state index in [1.165, 1.54) is 0 Å². The van der Waals surface area contributed by atoms with Gasteiger partial charge in [-0.15, -0.1) is 0 Å². The molecule has 2 aliphatic heterocycles. The topological polar surface area (TPSA) is 62.7 Å². The molecule has 114 valence electrons. The first-order valence-corrected chi connectivity index (χ1v) is 7.71. The summed E-state index contributed by atoms with van der Waals surface area (Å²) < 4.78 is 5.18. The van der Waals surface area contributed by atoms with Gasteiger partial charge in [0.05, 0.1) is 12.6 Å². The maximum Gasteiger partial charge on any atom is 0.410 e. The number of carbonyl (C=O) groups excluding carboxylic acids is 1. The number of pyridine rings is 1.